The molecule has 0 radical (unpaired) electrons. The second kappa shape index (κ2) is 8.74. The van der Waals surface area contributed by atoms with Gasteiger partial charge in [-0.2, -0.15) is 0 Å². The topological polar surface area (TPSA) is 87.7 Å². The predicted octanol–water partition coefficient (Wildman–Crippen LogP) is 1.36. The van der Waals surface area contributed by atoms with E-state index in [9.17, 15) is 9.59 Å². The van der Waals surface area contributed by atoms with Gasteiger partial charge in [-0.15, -0.1) is 0 Å². The summed E-state index contributed by atoms with van der Waals surface area (Å²) in [4.78, 5) is 22.3. The van der Waals surface area contributed by atoms with Crippen LogP contribution in [-0.4, -0.2) is 42.9 Å². The fraction of sp³-hybridized carbons (Fsp3) is 0.846. The maximum absolute atomic E-state index is 11.6. The van der Waals surface area contributed by atoms with Gasteiger partial charge in [0.2, 0.25) is 0 Å². The van der Waals surface area contributed by atoms with Gasteiger partial charge in [0.15, 0.2) is 0 Å². The van der Waals surface area contributed by atoms with E-state index in [1.54, 1.807) is 0 Å². The van der Waals surface area contributed by atoms with E-state index in [0.29, 0.717) is 18.9 Å². The van der Waals surface area contributed by atoms with Gasteiger partial charge in [-0.05, 0) is 25.2 Å². The lowest BCUT2D eigenvalue weighted by atomic mass is 10.1. The average Bonchev–Trinajstić information content (AvgIpc) is 2.81. The molecule has 0 spiro atoms. The normalized spacial score (nSPS) is 19.9. The fourth-order valence-corrected chi connectivity index (χ4v) is 2.22. The summed E-state index contributed by atoms with van der Waals surface area (Å²) in [5.74, 6) is -0.354. The van der Waals surface area contributed by atoms with Gasteiger partial charge in [-0.3, -0.25) is 4.79 Å². The Balaban J connectivity index is 2.17. The minimum atomic E-state index is -0.887. The Morgan fingerprint density at radius 3 is 2.84 bits per heavy atom. The van der Waals surface area contributed by atoms with E-state index in [-0.39, 0.29) is 18.5 Å². The highest BCUT2D eigenvalue weighted by Gasteiger charge is 2.17. The number of ether oxygens (including phenoxy) is 1. The van der Waals surface area contributed by atoms with E-state index >= 15 is 0 Å². The van der Waals surface area contributed by atoms with Crippen LogP contribution in [0.5, 0.6) is 0 Å². The first-order valence-electron chi connectivity index (χ1n) is 6.95. The highest BCUT2D eigenvalue weighted by Crippen LogP contribution is 2.15. The summed E-state index contributed by atoms with van der Waals surface area (Å²) in [5.41, 5.74) is 0. The van der Waals surface area contributed by atoms with E-state index in [4.69, 9.17) is 9.84 Å². The van der Waals surface area contributed by atoms with Gasteiger partial charge in [-0.25, -0.2) is 4.79 Å². The molecule has 2 amide bonds. The minimum absolute atomic E-state index is 0.0300. The summed E-state index contributed by atoms with van der Waals surface area (Å²) in [7, 11) is 0. The Morgan fingerprint density at radius 1 is 1.47 bits per heavy atom. The molecule has 1 fully saturated rings. The van der Waals surface area contributed by atoms with E-state index in [2.05, 4.69) is 10.6 Å². The molecular weight excluding hydrogens is 248 g/mol. The van der Waals surface area contributed by atoms with Crippen molar-refractivity contribution in [1.29, 1.82) is 0 Å². The first kappa shape index (κ1) is 15.8. The van der Waals surface area contributed by atoms with Gasteiger partial charge in [0.05, 0.1) is 6.42 Å². The SMILES string of the molecule is CCCC(CC(=O)O)NC(=O)NCCC1CCOC1. The highest BCUT2D eigenvalue weighted by molar-refractivity contribution is 5.75. The molecule has 110 valence electrons. The smallest absolute Gasteiger partial charge is 0.315 e. The molecule has 3 N–H and O–H groups in total. The van der Waals surface area contributed by atoms with Crippen LogP contribution in [-0.2, 0) is 9.53 Å². The van der Waals surface area contributed by atoms with Crippen LogP contribution >= 0.6 is 0 Å². The molecule has 1 aliphatic heterocycles. The molecule has 1 aliphatic rings. The maximum atomic E-state index is 11.6. The van der Waals surface area contributed by atoms with E-state index in [0.717, 1.165) is 32.5 Å². The van der Waals surface area contributed by atoms with Crippen molar-refractivity contribution in [2.24, 2.45) is 5.92 Å². The van der Waals surface area contributed by atoms with Crippen molar-refractivity contribution in [2.75, 3.05) is 19.8 Å². The Labute approximate surface area is 113 Å². The zero-order valence-corrected chi connectivity index (χ0v) is 11.5. The summed E-state index contributed by atoms with van der Waals surface area (Å²) in [6, 6.07) is -0.573. The van der Waals surface area contributed by atoms with E-state index < -0.39 is 5.97 Å². The number of hydrogen-bond donors (Lipinski definition) is 3. The Hall–Kier alpha value is -1.30. The number of carbonyl (C=O) groups is 2. The van der Waals surface area contributed by atoms with Crippen molar-refractivity contribution < 1.29 is 19.4 Å². The molecule has 1 heterocycles. The number of rotatable bonds is 8. The maximum Gasteiger partial charge on any atom is 0.315 e. The van der Waals surface area contributed by atoms with E-state index in [1.165, 1.54) is 0 Å². The van der Waals surface area contributed by atoms with Crippen molar-refractivity contribution in [3.63, 3.8) is 0 Å². The van der Waals surface area contributed by atoms with E-state index in [1.807, 2.05) is 6.92 Å². The predicted molar refractivity (Wildman–Crippen MR) is 71.0 cm³/mol. The Morgan fingerprint density at radius 2 is 2.26 bits per heavy atom. The van der Waals surface area contributed by atoms with Gasteiger partial charge in [0, 0.05) is 25.8 Å². The summed E-state index contributed by atoms with van der Waals surface area (Å²) < 4.78 is 5.26. The largest absolute Gasteiger partial charge is 0.481 e. The van der Waals surface area contributed by atoms with Crippen molar-refractivity contribution in [3.05, 3.63) is 0 Å². The first-order valence-corrected chi connectivity index (χ1v) is 6.95. The minimum Gasteiger partial charge on any atom is -0.481 e. The van der Waals surface area contributed by atoms with Crippen LogP contribution in [0.2, 0.25) is 0 Å². The number of aliphatic carboxylic acids is 1. The van der Waals surface area contributed by atoms with Crippen molar-refractivity contribution in [1.82, 2.24) is 10.6 Å². The Bertz CT molecular complexity index is 290. The lowest BCUT2D eigenvalue weighted by molar-refractivity contribution is -0.137. The summed E-state index contributed by atoms with van der Waals surface area (Å²) >= 11 is 0. The third-order valence-corrected chi connectivity index (χ3v) is 3.26. The third kappa shape index (κ3) is 7.00. The van der Waals surface area contributed by atoms with Crippen LogP contribution in [0.25, 0.3) is 0 Å². The quantitative estimate of drug-likeness (QED) is 0.622. The molecule has 6 heteroatoms. The average molecular weight is 272 g/mol. The standard InChI is InChI=1S/C13H24N2O4/c1-2-3-11(8-12(16)17)15-13(18)14-6-4-10-5-7-19-9-10/h10-11H,2-9H2,1H3,(H,16,17)(H2,14,15,18). The highest BCUT2D eigenvalue weighted by atomic mass is 16.5. The molecule has 6 nitrogen and oxygen atoms in total. The molecule has 0 aromatic rings. The number of hydrogen-bond acceptors (Lipinski definition) is 3. The fourth-order valence-electron chi connectivity index (χ4n) is 2.22. The van der Waals surface area contributed by atoms with Gasteiger partial charge in [-0.1, -0.05) is 13.3 Å². The van der Waals surface area contributed by atoms with Crippen molar-refractivity contribution in [2.45, 2.75) is 45.1 Å². The lowest BCUT2D eigenvalue weighted by Gasteiger charge is -2.17. The molecule has 0 aromatic carbocycles. The second-order valence-corrected chi connectivity index (χ2v) is 5.00. The molecule has 1 saturated heterocycles. The molecule has 2 unspecified atom stereocenters. The molecule has 0 aliphatic carbocycles. The van der Waals surface area contributed by atoms with Gasteiger partial charge >= 0.3 is 12.0 Å². The van der Waals surface area contributed by atoms with Crippen LogP contribution in [0.3, 0.4) is 0 Å². The Kier molecular flexibility index (Phi) is 7.25. The zero-order chi connectivity index (χ0) is 14.1. The van der Waals surface area contributed by atoms with Gasteiger partial charge in [0.25, 0.3) is 0 Å². The number of carbonyl (C=O) groups excluding carboxylic acids is 1. The number of amides is 2. The second-order valence-electron chi connectivity index (χ2n) is 5.00. The molecule has 0 saturated carbocycles. The van der Waals surface area contributed by atoms with Crippen molar-refractivity contribution in [3.8, 4) is 0 Å². The van der Waals surface area contributed by atoms with Crippen LogP contribution < -0.4 is 10.6 Å². The van der Waals surface area contributed by atoms with Gasteiger partial charge in [0.1, 0.15) is 0 Å². The molecule has 19 heavy (non-hydrogen) atoms. The van der Waals surface area contributed by atoms with Crippen LogP contribution in [0.15, 0.2) is 0 Å². The summed E-state index contributed by atoms with van der Waals surface area (Å²) in [6.45, 7) is 4.16. The zero-order valence-electron chi connectivity index (χ0n) is 11.5. The molecule has 2 atom stereocenters. The number of urea groups is 1. The number of carboxylic acid groups (broad SMARTS) is 1. The molecule has 1 rings (SSSR count). The monoisotopic (exact) mass is 272 g/mol. The van der Waals surface area contributed by atoms with Crippen molar-refractivity contribution >= 4 is 12.0 Å². The van der Waals surface area contributed by atoms with Crippen LogP contribution in [0.4, 0.5) is 4.79 Å². The molecule has 0 aromatic heterocycles. The van der Waals surface area contributed by atoms with Crippen LogP contribution in [0.1, 0.15) is 39.0 Å². The number of carboxylic acids is 1. The lowest BCUT2D eigenvalue weighted by Crippen LogP contribution is -2.43. The first-order chi connectivity index (χ1) is 9.11. The summed E-state index contributed by atoms with van der Waals surface area (Å²) in [6.07, 6.45) is 3.46. The molecule has 0 bridgehead atoms. The number of nitrogens with one attached hydrogen (secondary N) is 2. The third-order valence-electron chi connectivity index (χ3n) is 3.26. The van der Waals surface area contributed by atoms with Gasteiger partial charge < -0.3 is 20.5 Å². The molecular formula is C13H24N2O4. The van der Waals surface area contributed by atoms with Crippen LogP contribution in [0, 0.1) is 5.92 Å². The summed E-state index contributed by atoms with van der Waals surface area (Å²) in [5, 5.41) is 14.2.